The molecule has 0 bridgehead atoms. The van der Waals surface area contributed by atoms with Gasteiger partial charge < -0.3 is 9.32 Å². The monoisotopic (exact) mass is 481 g/mol. The van der Waals surface area contributed by atoms with Crippen LogP contribution < -0.4 is 0 Å². The molecule has 34 heavy (non-hydrogen) atoms. The number of halogens is 1. The van der Waals surface area contributed by atoms with Gasteiger partial charge in [-0.05, 0) is 67.4 Å². The Morgan fingerprint density at radius 3 is 2.53 bits per heavy atom. The van der Waals surface area contributed by atoms with E-state index in [2.05, 4.69) is 10.2 Å². The number of hydrogen-bond acceptors (Lipinski definition) is 5. The molecule has 0 aliphatic carbocycles. The van der Waals surface area contributed by atoms with Crippen LogP contribution in [0.25, 0.3) is 11.3 Å². The average molecular weight is 482 g/mol. The second-order valence-corrected chi connectivity index (χ2v) is 9.94. The summed E-state index contributed by atoms with van der Waals surface area (Å²) < 4.78 is 43.7. The highest BCUT2D eigenvalue weighted by Gasteiger charge is 2.20. The van der Waals surface area contributed by atoms with Gasteiger partial charge in [-0.2, -0.15) is 5.10 Å². The van der Waals surface area contributed by atoms with Gasteiger partial charge in [0.15, 0.2) is 15.6 Å². The van der Waals surface area contributed by atoms with Crippen molar-refractivity contribution in [2.75, 3.05) is 13.6 Å². The Bertz CT molecular complexity index is 1360. The van der Waals surface area contributed by atoms with Crippen molar-refractivity contribution >= 4 is 15.7 Å². The van der Waals surface area contributed by atoms with E-state index < -0.39 is 9.84 Å². The van der Waals surface area contributed by atoms with Crippen molar-refractivity contribution < 1.29 is 22.0 Å². The van der Waals surface area contributed by atoms with E-state index in [0.717, 1.165) is 17.0 Å². The number of H-pyrrole nitrogens is 1. The maximum Gasteiger partial charge on any atom is 0.289 e. The normalized spacial score (nSPS) is 11.5. The third kappa shape index (κ3) is 5.60. The van der Waals surface area contributed by atoms with E-state index in [9.17, 15) is 17.6 Å². The van der Waals surface area contributed by atoms with Crippen LogP contribution >= 0.6 is 0 Å². The van der Waals surface area contributed by atoms with Crippen molar-refractivity contribution in [2.24, 2.45) is 0 Å². The first kappa shape index (κ1) is 23.4. The van der Waals surface area contributed by atoms with E-state index in [1.165, 1.54) is 41.3 Å². The summed E-state index contributed by atoms with van der Waals surface area (Å²) in [6, 6.07) is 19.2. The van der Waals surface area contributed by atoms with E-state index in [1.807, 2.05) is 6.07 Å². The first-order chi connectivity index (χ1) is 16.3. The lowest BCUT2D eigenvalue weighted by molar-refractivity contribution is 0.0760. The number of hydrogen-bond donors (Lipinski definition) is 1. The highest BCUT2D eigenvalue weighted by atomic mass is 32.2. The summed E-state index contributed by atoms with van der Waals surface area (Å²) in [5.74, 6) is -0.620. The number of amides is 1. The first-order valence-electron chi connectivity index (χ1n) is 10.7. The molecule has 0 unspecified atom stereocenters. The second kappa shape index (κ2) is 10.0. The maximum absolute atomic E-state index is 13.1. The standard InChI is InChI=1S/C25H24FN3O4S/c1-29(15-5-6-20-16-23(28-27-20)18-9-11-19(26)12-10-18)25(30)24-14-13-21(33-24)17-34(31,32)22-7-3-2-4-8-22/h2-4,7-14,16H,5-6,15,17H2,1H3,(H,27,28). The van der Waals surface area contributed by atoms with Crippen LogP contribution in [0, 0.1) is 5.82 Å². The molecule has 4 aromatic rings. The van der Waals surface area contributed by atoms with E-state index in [1.54, 1.807) is 37.4 Å². The van der Waals surface area contributed by atoms with Crippen LogP contribution in [0.2, 0.25) is 0 Å². The molecular weight excluding hydrogens is 457 g/mol. The zero-order chi connectivity index (χ0) is 24.1. The molecule has 0 aliphatic rings. The Balaban J connectivity index is 1.30. The molecule has 0 fully saturated rings. The van der Waals surface area contributed by atoms with Crippen molar-refractivity contribution in [1.29, 1.82) is 0 Å². The number of sulfone groups is 1. The molecule has 0 spiro atoms. The molecule has 0 radical (unpaired) electrons. The molecule has 2 heterocycles. The smallest absolute Gasteiger partial charge is 0.289 e. The molecule has 0 atom stereocenters. The summed E-state index contributed by atoms with van der Waals surface area (Å²) in [6.07, 6.45) is 1.35. The van der Waals surface area contributed by atoms with Crippen LogP contribution in [-0.2, 0) is 22.0 Å². The fourth-order valence-corrected chi connectivity index (χ4v) is 4.79. The summed E-state index contributed by atoms with van der Waals surface area (Å²) in [5.41, 5.74) is 2.46. The largest absolute Gasteiger partial charge is 0.455 e. The fraction of sp³-hybridized carbons (Fsp3) is 0.200. The maximum atomic E-state index is 13.1. The molecule has 0 saturated carbocycles. The number of furan rings is 1. The highest BCUT2D eigenvalue weighted by Crippen LogP contribution is 2.20. The van der Waals surface area contributed by atoms with E-state index in [-0.39, 0.29) is 33.9 Å². The molecule has 0 aliphatic heterocycles. The quantitative estimate of drug-likeness (QED) is 0.380. The Morgan fingerprint density at radius 1 is 1.06 bits per heavy atom. The van der Waals surface area contributed by atoms with Gasteiger partial charge in [0, 0.05) is 24.8 Å². The molecule has 176 valence electrons. The second-order valence-electron chi connectivity index (χ2n) is 7.95. The van der Waals surface area contributed by atoms with Crippen LogP contribution in [0.1, 0.15) is 28.4 Å². The van der Waals surface area contributed by atoms with Crippen LogP contribution in [0.15, 0.2) is 82.1 Å². The molecule has 4 rings (SSSR count). The third-order valence-electron chi connectivity index (χ3n) is 5.36. The number of benzene rings is 2. The van der Waals surface area contributed by atoms with Crippen molar-refractivity contribution in [1.82, 2.24) is 15.1 Å². The van der Waals surface area contributed by atoms with Crippen LogP contribution in [0.5, 0.6) is 0 Å². The van der Waals surface area contributed by atoms with Gasteiger partial charge in [-0.3, -0.25) is 9.89 Å². The van der Waals surface area contributed by atoms with Crippen LogP contribution in [-0.4, -0.2) is 43.0 Å². The lowest BCUT2D eigenvalue weighted by atomic mass is 10.1. The lowest BCUT2D eigenvalue weighted by Crippen LogP contribution is -2.27. The number of carbonyl (C=O) groups is 1. The minimum Gasteiger partial charge on any atom is -0.455 e. The van der Waals surface area contributed by atoms with Gasteiger partial charge >= 0.3 is 0 Å². The average Bonchev–Trinajstić information content (AvgIpc) is 3.49. The summed E-state index contributed by atoms with van der Waals surface area (Å²) in [5, 5.41) is 7.23. The van der Waals surface area contributed by atoms with Crippen molar-refractivity contribution in [3.8, 4) is 11.3 Å². The topological polar surface area (TPSA) is 96.3 Å². The SMILES string of the molecule is CN(CCCc1cc(-c2ccc(F)cc2)n[nH]1)C(=O)c1ccc(CS(=O)(=O)c2ccccc2)o1. The van der Waals surface area contributed by atoms with E-state index in [4.69, 9.17) is 4.42 Å². The van der Waals surface area contributed by atoms with Gasteiger partial charge in [0.05, 0.1) is 10.6 Å². The molecule has 7 nitrogen and oxygen atoms in total. The zero-order valence-electron chi connectivity index (χ0n) is 18.6. The molecule has 2 aromatic carbocycles. The molecule has 9 heteroatoms. The predicted molar refractivity (Wildman–Crippen MR) is 125 cm³/mol. The fourth-order valence-electron chi connectivity index (χ4n) is 3.52. The van der Waals surface area contributed by atoms with Gasteiger partial charge in [-0.25, -0.2) is 12.8 Å². The van der Waals surface area contributed by atoms with Gasteiger partial charge in [0.1, 0.15) is 17.3 Å². The summed E-state index contributed by atoms with van der Waals surface area (Å²) in [4.78, 5) is 14.4. The van der Waals surface area contributed by atoms with Crippen LogP contribution in [0.3, 0.4) is 0 Å². The number of rotatable bonds is 9. The number of nitrogens with one attached hydrogen (secondary N) is 1. The Kier molecular flexibility index (Phi) is 6.93. The van der Waals surface area contributed by atoms with Crippen LogP contribution in [0.4, 0.5) is 4.39 Å². The van der Waals surface area contributed by atoms with Gasteiger partial charge in [-0.15, -0.1) is 0 Å². The molecule has 0 saturated heterocycles. The minimum atomic E-state index is -3.56. The summed E-state index contributed by atoms with van der Waals surface area (Å²) >= 11 is 0. The number of aryl methyl sites for hydroxylation is 1. The number of carbonyl (C=O) groups excluding carboxylic acids is 1. The Hall–Kier alpha value is -3.72. The molecule has 1 amide bonds. The molecular formula is C25H24FN3O4S. The minimum absolute atomic E-state index is 0.0981. The third-order valence-corrected chi connectivity index (χ3v) is 7.02. The zero-order valence-corrected chi connectivity index (χ0v) is 19.4. The number of aromatic nitrogens is 2. The highest BCUT2D eigenvalue weighted by molar-refractivity contribution is 7.90. The van der Waals surface area contributed by atoms with E-state index in [0.29, 0.717) is 19.4 Å². The van der Waals surface area contributed by atoms with Crippen molar-refractivity contribution in [3.63, 3.8) is 0 Å². The van der Waals surface area contributed by atoms with Crippen molar-refractivity contribution in [2.45, 2.75) is 23.5 Å². The number of nitrogens with zero attached hydrogens (tertiary/aromatic N) is 2. The molecule has 1 N–H and O–H groups in total. The Morgan fingerprint density at radius 2 is 1.79 bits per heavy atom. The van der Waals surface area contributed by atoms with Gasteiger partial charge in [0.2, 0.25) is 0 Å². The summed E-state index contributed by atoms with van der Waals surface area (Å²) in [7, 11) is -1.89. The summed E-state index contributed by atoms with van der Waals surface area (Å²) in [6.45, 7) is 0.474. The van der Waals surface area contributed by atoms with Gasteiger partial charge in [0.25, 0.3) is 5.91 Å². The first-order valence-corrected chi connectivity index (χ1v) is 12.4. The van der Waals surface area contributed by atoms with E-state index >= 15 is 0 Å². The van der Waals surface area contributed by atoms with Gasteiger partial charge in [-0.1, -0.05) is 18.2 Å². The predicted octanol–water partition coefficient (Wildman–Crippen LogP) is 4.49. The van der Waals surface area contributed by atoms with Crippen molar-refractivity contribution in [3.05, 3.63) is 95.8 Å². The molecule has 2 aromatic heterocycles. The number of aromatic amines is 1. The lowest BCUT2D eigenvalue weighted by Gasteiger charge is -2.15. The Labute approximate surface area is 197 Å².